The van der Waals surface area contributed by atoms with Crippen molar-refractivity contribution in [1.82, 2.24) is 10.2 Å². The third kappa shape index (κ3) is 3.21. The second-order valence-corrected chi connectivity index (χ2v) is 6.74. The Morgan fingerprint density at radius 2 is 2.15 bits per heavy atom. The molecule has 3 aromatic rings. The summed E-state index contributed by atoms with van der Waals surface area (Å²) in [6, 6.07) is 12.6. The fraction of sp³-hybridized carbons (Fsp3) is 0.211. The molecule has 0 aliphatic carbocycles. The summed E-state index contributed by atoms with van der Waals surface area (Å²) in [5.41, 5.74) is 1.41. The summed E-state index contributed by atoms with van der Waals surface area (Å²) in [7, 11) is 1.52. The number of halogens is 1. The maximum atomic E-state index is 12.6. The van der Waals surface area contributed by atoms with E-state index in [9.17, 15) is 9.59 Å². The maximum Gasteiger partial charge on any atom is 0.229 e. The number of H-pyrrole nitrogens is 1. The van der Waals surface area contributed by atoms with Gasteiger partial charge in [-0.15, -0.1) is 0 Å². The van der Waals surface area contributed by atoms with Crippen LogP contribution in [0.1, 0.15) is 6.42 Å². The number of methoxy groups -OCH3 is 1. The lowest BCUT2D eigenvalue weighted by atomic mass is 10.1. The molecule has 4 rings (SSSR count). The molecule has 0 unspecified atom stereocenters. The van der Waals surface area contributed by atoms with Crippen molar-refractivity contribution < 1.29 is 14.3 Å². The van der Waals surface area contributed by atoms with E-state index in [1.165, 1.54) is 7.11 Å². The zero-order valence-electron chi connectivity index (χ0n) is 14.5. The van der Waals surface area contributed by atoms with Gasteiger partial charge in [-0.25, -0.2) is 0 Å². The molecule has 0 saturated carbocycles. The van der Waals surface area contributed by atoms with Gasteiger partial charge in [0.05, 0.1) is 23.6 Å². The summed E-state index contributed by atoms with van der Waals surface area (Å²) in [4.78, 5) is 26.6. The molecule has 1 fully saturated rings. The molecule has 7 nitrogen and oxygen atoms in total. The van der Waals surface area contributed by atoms with Crippen molar-refractivity contribution in [2.45, 2.75) is 6.42 Å². The minimum Gasteiger partial charge on any atom is -0.495 e. The lowest BCUT2D eigenvalue weighted by molar-refractivity contribution is -0.122. The Morgan fingerprint density at radius 1 is 1.33 bits per heavy atom. The number of carbonyl (C=O) groups excluding carboxylic acids is 2. The number of fused-ring (bicyclic) bond motifs is 1. The summed E-state index contributed by atoms with van der Waals surface area (Å²) in [6.07, 6.45) is 0.136. The molecule has 27 heavy (non-hydrogen) atoms. The van der Waals surface area contributed by atoms with Gasteiger partial charge in [0.25, 0.3) is 0 Å². The predicted molar refractivity (Wildman–Crippen MR) is 103 cm³/mol. The Balaban J connectivity index is 1.50. The number of nitrogens with zero attached hydrogens (tertiary/aromatic N) is 2. The molecule has 0 radical (unpaired) electrons. The van der Waals surface area contributed by atoms with Gasteiger partial charge in [-0.1, -0.05) is 23.7 Å². The topological polar surface area (TPSA) is 87.3 Å². The number of nitrogens with one attached hydrogen (secondary N) is 2. The molecule has 1 aliphatic heterocycles. The molecule has 1 aromatic heterocycles. The number of rotatable bonds is 4. The molecule has 0 spiro atoms. The monoisotopic (exact) mass is 384 g/mol. The summed E-state index contributed by atoms with van der Waals surface area (Å²) in [5, 5.41) is 11.2. The zero-order chi connectivity index (χ0) is 19.0. The van der Waals surface area contributed by atoms with Crippen LogP contribution in [0.25, 0.3) is 10.9 Å². The third-order valence-electron chi connectivity index (χ3n) is 4.62. The van der Waals surface area contributed by atoms with Gasteiger partial charge in [0.2, 0.25) is 11.8 Å². The van der Waals surface area contributed by atoms with E-state index in [1.807, 2.05) is 24.3 Å². The van der Waals surface area contributed by atoms with Crippen molar-refractivity contribution in [3.8, 4) is 5.75 Å². The molecule has 0 bridgehead atoms. The van der Waals surface area contributed by atoms with Crippen molar-refractivity contribution in [1.29, 1.82) is 0 Å². The second kappa shape index (κ2) is 6.92. The van der Waals surface area contributed by atoms with Crippen molar-refractivity contribution in [2.24, 2.45) is 5.92 Å². The van der Waals surface area contributed by atoms with E-state index < -0.39 is 5.92 Å². The number of amides is 2. The van der Waals surface area contributed by atoms with Crippen LogP contribution in [0.15, 0.2) is 42.5 Å². The summed E-state index contributed by atoms with van der Waals surface area (Å²) in [6.45, 7) is 0.281. The van der Waals surface area contributed by atoms with Crippen molar-refractivity contribution >= 4 is 45.8 Å². The molecule has 138 valence electrons. The summed E-state index contributed by atoms with van der Waals surface area (Å²) < 4.78 is 5.10. The SMILES string of the molecule is COc1ccc(NC(=O)[C@@H]2CC(=O)N(c3n[nH]c4ccccc34)C2)cc1Cl. The van der Waals surface area contributed by atoms with E-state index in [1.54, 1.807) is 23.1 Å². The summed E-state index contributed by atoms with van der Waals surface area (Å²) in [5.74, 6) is 0.265. The first-order valence-corrected chi connectivity index (χ1v) is 8.82. The van der Waals surface area contributed by atoms with Crippen LogP contribution in [0.2, 0.25) is 5.02 Å². The Morgan fingerprint density at radius 3 is 2.93 bits per heavy atom. The van der Waals surface area contributed by atoms with Gasteiger partial charge in [-0.3, -0.25) is 19.6 Å². The van der Waals surface area contributed by atoms with Crippen LogP contribution >= 0.6 is 11.6 Å². The molecule has 1 atom stereocenters. The summed E-state index contributed by atoms with van der Waals surface area (Å²) >= 11 is 6.09. The van der Waals surface area contributed by atoms with Crippen molar-refractivity contribution in [3.63, 3.8) is 0 Å². The van der Waals surface area contributed by atoms with Crippen molar-refractivity contribution in [3.05, 3.63) is 47.5 Å². The first-order chi connectivity index (χ1) is 13.1. The van der Waals surface area contributed by atoms with Crippen molar-refractivity contribution in [2.75, 3.05) is 23.9 Å². The van der Waals surface area contributed by atoms with Crippen LogP contribution in [0.4, 0.5) is 11.5 Å². The average molecular weight is 385 g/mol. The highest BCUT2D eigenvalue weighted by Gasteiger charge is 2.36. The van der Waals surface area contributed by atoms with Gasteiger partial charge in [0.15, 0.2) is 5.82 Å². The number of aromatic amines is 1. The van der Waals surface area contributed by atoms with Crippen LogP contribution in [0, 0.1) is 5.92 Å². The minimum atomic E-state index is -0.464. The Kier molecular flexibility index (Phi) is 4.45. The predicted octanol–water partition coefficient (Wildman–Crippen LogP) is 3.22. The van der Waals surface area contributed by atoms with E-state index >= 15 is 0 Å². The quantitative estimate of drug-likeness (QED) is 0.723. The number of anilines is 2. The third-order valence-corrected chi connectivity index (χ3v) is 4.92. The van der Waals surface area contributed by atoms with Crippen LogP contribution in [0.3, 0.4) is 0 Å². The minimum absolute atomic E-state index is 0.125. The number of carbonyl (C=O) groups is 2. The molecular weight excluding hydrogens is 368 g/mol. The number of ether oxygens (including phenoxy) is 1. The zero-order valence-corrected chi connectivity index (χ0v) is 15.3. The Hall–Kier alpha value is -3.06. The van der Waals surface area contributed by atoms with Gasteiger partial charge in [0.1, 0.15) is 5.75 Å². The fourth-order valence-corrected chi connectivity index (χ4v) is 3.49. The average Bonchev–Trinajstić information content (AvgIpc) is 3.25. The first kappa shape index (κ1) is 17.4. The van der Waals surface area contributed by atoms with E-state index in [0.29, 0.717) is 22.3 Å². The van der Waals surface area contributed by atoms with Crippen LogP contribution < -0.4 is 15.0 Å². The van der Waals surface area contributed by atoms with Gasteiger partial charge in [-0.05, 0) is 30.3 Å². The molecular formula is C19H17ClN4O3. The molecule has 2 heterocycles. The smallest absolute Gasteiger partial charge is 0.229 e. The van der Waals surface area contributed by atoms with Gasteiger partial charge in [0, 0.05) is 24.0 Å². The maximum absolute atomic E-state index is 12.6. The highest BCUT2D eigenvalue weighted by atomic mass is 35.5. The van der Waals surface area contributed by atoms with E-state index in [-0.39, 0.29) is 24.8 Å². The highest BCUT2D eigenvalue weighted by molar-refractivity contribution is 6.32. The van der Waals surface area contributed by atoms with Gasteiger partial charge in [-0.2, -0.15) is 5.10 Å². The number of hydrogen-bond acceptors (Lipinski definition) is 4. The van der Waals surface area contributed by atoms with Crippen LogP contribution in [0.5, 0.6) is 5.75 Å². The Labute approximate surface area is 160 Å². The molecule has 2 aromatic carbocycles. The largest absolute Gasteiger partial charge is 0.495 e. The lowest BCUT2D eigenvalue weighted by Crippen LogP contribution is -2.28. The Bertz CT molecular complexity index is 1030. The van der Waals surface area contributed by atoms with E-state index in [4.69, 9.17) is 16.3 Å². The number of para-hydroxylation sites is 1. The molecule has 2 N–H and O–H groups in total. The second-order valence-electron chi connectivity index (χ2n) is 6.34. The number of aromatic nitrogens is 2. The normalized spacial score (nSPS) is 16.7. The van der Waals surface area contributed by atoms with Crippen LogP contribution in [-0.4, -0.2) is 35.7 Å². The molecule has 1 saturated heterocycles. The molecule has 1 aliphatic rings. The highest BCUT2D eigenvalue weighted by Crippen LogP contribution is 2.31. The first-order valence-electron chi connectivity index (χ1n) is 8.44. The standard InChI is InChI=1S/C19H17ClN4O3/c1-27-16-7-6-12(9-14(16)20)21-19(26)11-8-17(25)24(10-11)18-13-4-2-3-5-15(13)22-23-18/h2-7,9,11H,8,10H2,1H3,(H,21,26)(H,22,23)/t11-/m1/s1. The molecule has 2 amide bonds. The molecule has 8 heteroatoms. The number of hydrogen-bond donors (Lipinski definition) is 2. The number of benzene rings is 2. The van der Waals surface area contributed by atoms with Gasteiger partial charge >= 0.3 is 0 Å². The van der Waals surface area contributed by atoms with E-state index in [2.05, 4.69) is 15.5 Å². The fourth-order valence-electron chi connectivity index (χ4n) is 3.23. The van der Waals surface area contributed by atoms with E-state index in [0.717, 1.165) is 10.9 Å². The van der Waals surface area contributed by atoms with Crippen LogP contribution in [-0.2, 0) is 9.59 Å². The van der Waals surface area contributed by atoms with Gasteiger partial charge < -0.3 is 10.1 Å². The lowest BCUT2D eigenvalue weighted by Gasteiger charge is -2.14.